The van der Waals surface area contributed by atoms with Crippen molar-refractivity contribution in [3.63, 3.8) is 0 Å². The second-order valence-electron chi connectivity index (χ2n) is 4.61. The highest BCUT2D eigenvalue weighted by Gasteiger charge is 2.07. The van der Waals surface area contributed by atoms with Crippen molar-refractivity contribution >= 4 is 11.6 Å². The molecule has 0 unspecified atom stereocenters. The predicted molar refractivity (Wildman–Crippen MR) is 69.7 cm³/mol. The van der Waals surface area contributed by atoms with E-state index in [0.29, 0.717) is 16.5 Å². The fourth-order valence-electron chi connectivity index (χ4n) is 1.86. The zero-order chi connectivity index (χ0) is 12.4. The van der Waals surface area contributed by atoms with Crippen LogP contribution >= 0.6 is 11.6 Å². The lowest BCUT2D eigenvalue weighted by atomic mass is 10.1. The van der Waals surface area contributed by atoms with Crippen molar-refractivity contribution in [1.29, 1.82) is 0 Å². The highest BCUT2D eigenvalue weighted by molar-refractivity contribution is 6.30. The fraction of sp³-hybridized carbons (Fsp3) is 0.286. The standard InChI is InChI=1S/C14H15ClFN/c1-10(2)8-17-6-5-11(9-17)13-4-3-12(15)7-14(13)16/h3-7,9-10H,8H2,1-2H3. The van der Waals surface area contributed by atoms with Gasteiger partial charge in [0, 0.05) is 35.1 Å². The fourth-order valence-corrected chi connectivity index (χ4v) is 2.02. The third kappa shape index (κ3) is 2.89. The van der Waals surface area contributed by atoms with Crippen molar-refractivity contribution in [2.75, 3.05) is 0 Å². The number of hydrogen-bond acceptors (Lipinski definition) is 0. The van der Waals surface area contributed by atoms with Crippen LogP contribution in [0.3, 0.4) is 0 Å². The van der Waals surface area contributed by atoms with Gasteiger partial charge in [-0.05, 0) is 30.2 Å². The summed E-state index contributed by atoms with van der Waals surface area (Å²) < 4.78 is 15.8. The van der Waals surface area contributed by atoms with Gasteiger partial charge in [0.1, 0.15) is 5.82 Å². The molecule has 0 aliphatic carbocycles. The van der Waals surface area contributed by atoms with Crippen LogP contribution in [0, 0.1) is 11.7 Å². The number of halogens is 2. The van der Waals surface area contributed by atoms with Crippen molar-refractivity contribution in [3.05, 3.63) is 47.5 Å². The van der Waals surface area contributed by atoms with Gasteiger partial charge < -0.3 is 4.57 Å². The number of benzene rings is 1. The first-order valence-electron chi connectivity index (χ1n) is 5.67. The molecule has 0 radical (unpaired) electrons. The minimum atomic E-state index is -0.278. The maximum Gasteiger partial charge on any atom is 0.132 e. The number of nitrogens with zero attached hydrogens (tertiary/aromatic N) is 1. The largest absolute Gasteiger partial charge is 0.353 e. The molecule has 17 heavy (non-hydrogen) atoms. The van der Waals surface area contributed by atoms with Gasteiger partial charge in [0.05, 0.1) is 0 Å². The Bertz CT molecular complexity index is 517. The maximum absolute atomic E-state index is 13.7. The zero-order valence-electron chi connectivity index (χ0n) is 9.95. The molecule has 2 rings (SSSR count). The van der Waals surface area contributed by atoms with Crippen LogP contribution in [-0.4, -0.2) is 4.57 Å². The average Bonchev–Trinajstić information content (AvgIpc) is 2.65. The smallest absolute Gasteiger partial charge is 0.132 e. The molecular formula is C14H15ClFN. The van der Waals surface area contributed by atoms with Gasteiger partial charge in [-0.15, -0.1) is 0 Å². The van der Waals surface area contributed by atoms with Crippen LogP contribution in [0.2, 0.25) is 5.02 Å². The lowest BCUT2D eigenvalue weighted by Crippen LogP contribution is -2.00. The first kappa shape index (κ1) is 12.2. The second-order valence-corrected chi connectivity index (χ2v) is 5.05. The summed E-state index contributed by atoms with van der Waals surface area (Å²) in [4.78, 5) is 0. The summed E-state index contributed by atoms with van der Waals surface area (Å²) in [5.41, 5.74) is 1.48. The molecular weight excluding hydrogens is 237 g/mol. The molecule has 2 aromatic rings. The highest BCUT2D eigenvalue weighted by atomic mass is 35.5. The molecule has 0 fully saturated rings. The van der Waals surface area contributed by atoms with E-state index in [9.17, 15) is 4.39 Å². The molecule has 90 valence electrons. The molecule has 0 spiro atoms. The number of rotatable bonds is 3. The van der Waals surface area contributed by atoms with Crippen LogP contribution in [-0.2, 0) is 6.54 Å². The maximum atomic E-state index is 13.7. The van der Waals surface area contributed by atoms with Crippen LogP contribution < -0.4 is 0 Å². The van der Waals surface area contributed by atoms with Gasteiger partial charge in [-0.25, -0.2) is 4.39 Å². The molecule has 0 atom stereocenters. The molecule has 0 aliphatic heterocycles. The van der Waals surface area contributed by atoms with E-state index in [1.165, 1.54) is 6.07 Å². The van der Waals surface area contributed by atoms with Crippen molar-refractivity contribution in [3.8, 4) is 11.1 Å². The summed E-state index contributed by atoms with van der Waals surface area (Å²) in [5, 5.41) is 0.424. The van der Waals surface area contributed by atoms with Gasteiger partial charge >= 0.3 is 0 Å². The second kappa shape index (κ2) is 4.92. The summed E-state index contributed by atoms with van der Waals surface area (Å²) in [7, 11) is 0. The van der Waals surface area contributed by atoms with Crippen LogP contribution in [0.25, 0.3) is 11.1 Å². The van der Waals surface area contributed by atoms with Crippen LogP contribution in [0.15, 0.2) is 36.7 Å². The predicted octanol–water partition coefficient (Wildman–Crippen LogP) is 4.60. The van der Waals surface area contributed by atoms with Gasteiger partial charge in [-0.2, -0.15) is 0 Å². The molecule has 0 bridgehead atoms. The van der Waals surface area contributed by atoms with Crippen LogP contribution in [0.1, 0.15) is 13.8 Å². The molecule has 1 aromatic carbocycles. The van der Waals surface area contributed by atoms with E-state index in [-0.39, 0.29) is 5.82 Å². The van der Waals surface area contributed by atoms with Gasteiger partial charge in [0.2, 0.25) is 0 Å². The minimum absolute atomic E-state index is 0.278. The molecule has 3 heteroatoms. The summed E-state index contributed by atoms with van der Waals surface area (Å²) in [5.74, 6) is 0.296. The Hall–Kier alpha value is -1.28. The lowest BCUT2D eigenvalue weighted by Gasteiger charge is -2.05. The normalized spacial score (nSPS) is 11.1. The zero-order valence-corrected chi connectivity index (χ0v) is 10.7. The minimum Gasteiger partial charge on any atom is -0.353 e. The molecule has 0 N–H and O–H groups in total. The molecule has 0 amide bonds. The Labute approximate surface area is 106 Å². The molecule has 0 aliphatic rings. The van der Waals surface area contributed by atoms with E-state index in [0.717, 1.165) is 12.1 Å². The van der Waals surface area contributed by atoms with Crippen molar-refractivity contribution < 1.29 is 4.39 Å². The summed E-state index contributed by atoms with van der Waals surface area (Å²) in [6, 6.07) is 6.69. The average molecular weight is 252 g/mol. The SMILES string of the molecule is CC(C)Cn1ccc(-c2ccc(Cl)cc2F)c1. The first-order valence-corrected chi connectivity index (χ1v) is 6.05. The monoisotopic (exact) mass is 251 g/mol. The van der Waals surface area contributed by atoms with E-state index in [1.54, 1.807) is 12.1 Å². The molecule has 0 saturated carbocycles. The molecule has 1 nitrogen and oxygen atoms in total. The van der Waals surface area contributed by atoms with Gasteiger partial charge in [-0.3, -0.25) is 0 Å². The number of hydrogen-bond donors (Lipinski definition) is 0. The molecule has 0 saturated heterocycles. The molecule has 1 heterocycles. The summed E-state index contributed by atoms with van der Waals surface area (Å²) in [6.07, 6.45) is 3.94. The van der Waals surface area contributed by atoms with Crippen LogP contribution in [0.5, 0.6) is 0 Å². The van der Waals surface area contributed by atoms with Crippen molar-refractivity contribution in [1.82, 2.24) is 4.57 Å². The van der Waals surface area contributed by atoms with E-state index in [2.05, 4.69) is 18.4 Å². The van der Waals surface area contributed by atoms with E-state index in [4.69, 9.17) is 11.6 Å². The third-order valence-electron chi connectivity index (χ3n) is 2.57. The van der Waals surface area contributed by atoms with E-state index >= 15 is 0 Å². The Morgan fingerprint density at radius 3 is 2.71 bits per heavy atom. The van der Waals surface area contributed by atoms with Gasteiger partial charge in [-0.1, -0.05) is 25.4 Å². The van der Waals surface area contributed by atoms with Gasteiger partial charge in [0.25, 0.3) is 0 Å². The first-order chi connectivity index (χ1) is 8.06. The van der Waals surface area contributed by atoms with E-state index in [1.807, 2.05) is 18.5 Å². The van der Waals surface area contributed by atoms with E-state index < -0.39 is 0 Å². The van der Waals surface area contributed by atoms with Gasteiger partial charge in [0.15, 0.2) is 0 Å². The van der Waals surface area contributed by atoms with Crippen molar-refractivity contribution in [2.45, 2.75) is 20.4 Å². The molecule has 1 aromatic heterocycles. The van der Waals surface area contributed by atoms with Crippen molar-refractivity contribution in [2.24, 2.45) is 5.92 Å². The van der Waals surface area contributed by atoms with Crippen LogP contribution in [0.4, 0.5) is 4.39 Å². The lowest BCUT2D eigenvalue weighted by molar-refractivity contribution is 0.525. The Balaban J connectivity index is 2.30. The highest BCUT2D eigenvalue weighted by Crippen LogP contribution is 2.25. The number of aromatic nitrogens is 1. The topological polar surface area (TPSA) is 4.93 Å². The summed E-state index contributed by atoms with van der Waals surface area (Å²) in [6.45, 7) is 5.25. The Kier molecular flexibility index (Phi) is 3.53. The quantitative estimate of drug-likeness (QED) is 0.751. The Morgan fingerprint density at radius 1 is 1.29 bits per heavy atom. The Morgan fingerprint density at radius 2 is 2.06 bits per heavy atom. The summed E-state index contributed by atoms with van der Waals surface area (Å²) >= 11 is 5.73. The third-order valence-corrected chi connectivity index (χ3v) is 2.80.